The molecule has 0 unspecified atom stereocenters. The summed E-state index contributed by atoms with van der Waals surface area (Å²) in [5.41, 5.74) is 27.3. The van der Waals surface area contributed by atoms with Crippen molar-refractivity contribution >= 4 is 56.1 Å². The van der Waals surface area contributed by atoms with Gasteiger partial charge in [-0.05, 0) is 192 Å². The monoisotopic (exact) mass is 1040 g/mol. The van der Waals surface area contributed by atoms with E-state index in [2.05, 4.69) is 319 Å². The molecule has 16 rings (SSSR count). The second kappa shape index (κ2) is 19.3. The predicted molar refractivity (Wildman–Crippen MR) is 341 cm³/mol. The van der Waals surface area contributed by atoms with Crippen molar-refractivity contribution in [2.75, 3.05) is 9.80 Å². The van der Waals surface area contributed by atoms with Crippen LogP contribution in [0.5, 0.6) is 0 Å². The van der Waals surface area contributed by atoms with Crippen molar-refractivity contribution in [2.24, 2.45) is 0 Å². The summed E-state index contributed by atoms with van der Waals surface area (Å²) < 4.78 is 6.52. The summed E-state index contributed by atoms with van der Waals surface area (Å²) >= 11 is 0. The van der Waals surface area contributed by atoms with Crippen molar-refractivity contribution in [2.45, 2.75) is 5.41 Å². The van der Waals surface area contributed by atoms with E-state index in [0.717, 1.165) is 72.8 Å². The summed E-state index contributed by atoms with van der Waals surface area (Å²) in [6.45, 7) is 0. The Morgan fingerprint density at radius 1 is 0.220 bits per heavy atom. The fourth-order valence-electron chi connectivity index (χ4n) is 13.5. The highest BCUT2D eigenvalue weighted by Gasteiger charge is 2.53. The van der Waals surface area contributed by atoms with Crippen LogP contribution in [0, 0.1) is 0 Å². The molecule has 0 N–H and O–H groups in total. The topological polar surface area (TPSA) is 19.6 Å². The lowest BCUT2D eigenvalue weighted by Crippen LogP contribution is -2.25. The maximum Gasteiger partial charge on any atom is 0.136 e. The first-order valence-electron chi connectivity index (χ1n) is 28.2. The highest BCUT2D eigenvalue weighted by molar-refractivity contribution is 6.07. The van der Waals surface area contributed by atoms with Gasteiger partial charge in [-0.3, -0.25) is 0 Å². The molecule has 13 aromatic carbocycles. The average Bonchev–Trinajstić information content (AvgIpc) is 1.73. The van der Waals surface area contributed by atoms with E-state index in [1.807, 2.05) is 6.07 Å². The molecule has 3 nitrogen and oxygen atoms in total. The van der Waals surface area contributed by atoms with Gasteiger partial charge in [0.1, 0.15) is 11.2 Å². The largest absolute Gasteiger partial charge is 0.456 e. The van der Waals surface area contributed by atoms with Crippen LogP contribution in [0.2, 0.25) is 0 Å². The molecule has 2 aliphatic rings. The van der Waals surface area contributed by atoms with Crippen LogP contribution in [-0.2, 0) is 5.41 Å². The van der Waals surface area contributed by atoms with Gasteiger partial charge < -0.3 is 14.2 Å². The van der Waals surface area contributed by atoms with E-state index in [9.17, 15) is 0 Å². The summed E-state index contributed by atoms with van der Waals surface area (Å²) in [5, 5.41) is 2.25. The summed E-state index contributed by atoms with van der Waals surface area (Å²) in [7, 11) is 0. The summed E-state index contributed by atoms with van der Waals surface area (Å²) in [6.07, 6.45) is 0. The number of nitrogens with zero attached hydrogens (tertiary/aromatic N) is 2. The van der Waals surface area contributed by atoms with Gasteiger partial charge in [0, 0.05) is 44.9 Å². The third-order valence-electron chi connectivity index (χ3n) is 17.1. The number of furan rings is 1. The molecule has 0 aliphatic heterocycles. The maximum absolute atomic E-state index is 6.52. The van der Waals surface area contributed by atoms with Crippen molar-refractivity contribution in [1.29, 1.82) is 0 Å². The Balaban J connectivity index is 0.913. The average molecular weight is 1050 g/mol. The van der Waals surface area contributed by atoms with Crippen LogP contribution in [0.25, 0.3) is 88.7 Å². The lowest BCUT2D eigenvalue weighted by molar-refractivity contribution is 0.669. The SMILES string of the molecule is c1ccc(-c2ccc3c(c2)-c2c(-c4ccc(N(c5ccccc5)c5ccccc5)cc4)cccc2[C@@]32c3ccc(-c4ccc5c(c4)oc4ccccc45)cc3-c3c(-c4ccc(N(c5ccccc5)c5ccccc5)cc4)cccc32)cc1. The first kappa shape index (κ1) is 47.3. The minimum atomic E-state index is -0.646. The van der Waals surface area contributed by atoms with Crippen LogP contribution >= 0.6 is 0 Å². The number of fused-ring (bicyclic) bond motifs is 13. The number of hydrogen-bond acceptors (Lipinski definition) is 3. The second-order valence-electron chi connectivity index (χ2n) is 21.5. The van der Waals surface area contributed by atoms with Gasteiger partial charge in [-0.1, -0.05) is 212 Å². The summed E-state index contributed by atoms with van der Waals surface area (Å²) in [5.74, 6) is 0. The van der Waals surface area contributed by atoms with E-state index in [0.29, 0.717) is 0 Å². The minimum absolute atomic E-state index is 0.646. The summed E-state index contributed by atoms with van der Waals surface area (Å²) in [6, 6.07) is 115. The second-order valence-corrected chi connectivity index (χ2v) is 21.5. The van der Waals surface area contributed by atoms with E-state index in [1.54, 1.807) is 0 Å². The molecule has 0 fully saturated rings. The fourth-order valence-corrected chi connectivity index (χ4v) is 13.5. The van der Waals surface area contributed by atoms with Crippen LogP contribution in [-0.4, -0.2) is 0 Å². The summed E-state index contributed by atoms with van der Waals surface area (Å²) in [4.78, 5) is 4.66. The number of anilines is 6. The van der Waals surface area contributed by atoms with Gasteiger partial charge in [0.25, 0.3) is 0 Å². The molecule has 1 heterocycles. The van der Waals surface area contributed by atoms with E-state index in [4.69, 9.17) is 4.42 Å². The van der Waals surface area contributed by atoms with Gasteiger partial charge in [0.05, 0.1) is 5.41 Å². The van der Waals surface area contributed by atoms with Gasteiger partial charge >= 0.3 is 0 Å². The number of benzene rings is 13. The highest BCUT2D eigenvalue weighted by atomic mass is 16.3. The van der Waals surface area contributed by atoms with Crippen LogP contribution < -0.4 is 9.80 Å². The molecule has 1 aromatic heterocycles. The molecule has 82 heavy (non-hydrogen) atoms. The minimum Gasteiger partial charge on any atom is -0.456 e. The smallest absolute Gasteiger partial charge is 0.136 e. The van der Waals surface area contributed by atoms with Crippen molar-refractivity contribution < 1.29 is 4.42 Å². The lowest BCUT2D eigenvalue weighted by atomic mass is 9.70. The molecule has 3 heteroatoms. The zero-order valence-electron chi connectivity index (χ0n) is 44.8. The first-order valence-corrected chi connectivity index (χ1v) is 28.2. The standard InChI is InChI=1S/C79H52N2O/c1-6-20-53(21-7-1)56-41-48-71-69(50-56)77-65(54-36-43-63(44-37-54)80(59-22-8-2-9-23-59)60-24-10-3-11-25-60)31-18-33-73(77)79(71)72-49-42-57(58-40-47-68-67-30-16-17-35-75(67)82-76(68)52-58)51-70(72)78-66(32-19-34-74(78)79)55-38-45-64(46-39-55)81(61-26-12-4-13-27-61)62-28-14-5-15-29-62/h1-52H/t79-/m0/s1. The molecular formula is C79H52N2O. The van der Waals surface area contributed by atoms with E-state index < -0.39 is 5.41 Å². The molecule has 0 bridgehead atoms. The zero-order chi connectivity index (χ0) is 54.1. The van der Waals surface area contributed by atoms with Crippen LogP contribution in [0.4, 0.5) is 34.1 Å². The zero-order valence-corrected chi connectivity index (χ0v) is 44.8. The van der Waals surface area contributed by atoms with Gasteiger partial charge in [-0.2, -0.15) is 0 Å². The Kier molecular flexibility index (Phi) is 11.1. The lowest BCUT2D eigenvalue weighted by Gasteiger charge is -2.31. The molecular weight excluding hydrogens is 993 g/mol. The van der Waals surface area contributed by atoms with E-state index in [-0.39, 0.29) is 0 Å². The van der Waals surface area contributed by atoms with E-state index >= 15 is 0 Å². The van der Waals surface area contributed by atoms with Gasteiger partial charge in [-0.15, -0.1) is 0 Å². The van der Waals surface area contributed by atoms with Crippen LogP contribution in [0.15, 0.2) is 320 Å². The molecule has 0 saturated heterocycles. The third kappa shape index (κ3) is 7.51. The highest BCUT2D eigenvalue weighted by Crippen LogP contribution is 2.66. The molecule has 1 atom stereocenters. The van der Waals surface area contributed by atoms with Crippen molar-refractivity contribution in [3.63, 3.8) is 0 Å². The Morgan fingerprint density at radius 2 is 0.585 bits per heavy atom. The molecule has 14 aromatic rings. The Morgan fingerprint density at radius 3 is 1.06 bits per heavy atom. The molecule has 384 valence electrons. The molecule has 0 radical (unpaired) electrons. The molecule has 1 spiro atoms. The maximum atomic E-state index is 6.52. The molecule has 0 amide bonds. The Hall–Kier alpha value is -10.7. The van der Waals surface area contributed by atoms with E-state index in [1.165, 1.54) is 72.3 Å². The van der Waals surface area contributed by atoms with Crippen molar-refractivity contribution in [3.05, 3.63) is 338 Å². The van der Waals surface area contributed by atoms with Gasteiger partial charge in [0.2, 0.25) is 0 Å². The fraction of sp³-hybridized carbons (Fsp3) is 0.0127. The number of rotatable bonds is 10. The normalized spacial score (nSPS) is 13.7. The van der Waals surface area contributed by atoms with Gasteiger partial charge in [-0.25, -0.2) is 0 Å². The predicted octanol–water partition coefficient (Wildman–Crippen LogP) is 21.5. The Bertz CT molecular complexity index is 4630. The van der Waals surface area contributed by atoms with Crippen LogP contribution in [0.1, 0.15) is 22.3 Å². The number of para-hydroxylation sites is 5. The Labute approximate surface area is 477 Å². The molecule has 2 aliphatic carbocycles. The van der Waals surface area contributed by atoms with Crippen molar-refractivity contribution in [1.82, 2.24) is 0 Å². The third-order valence-corrected chi connectivity index (χ3v) is 17.1. The van der Waals surface area contributed by atoms with Crippen LogP contribution in [0.3, 0.4) is 0 Å². The molecule has 0 saturated carbocycles. The van der Waals surface area contributed by atoms with Crippen molar-refractivity contribution in [3.8, 4) is 66.8 Å². The first-order chi connectivity index (χ1) is 40.7. The van der Waals surface area contributed by atoms with Gasteiger partial charge in [0.15, 0.2) is 0 Å². The number of hydrogen-bond donors (Lipinski definition) is 0. The quantitative estimate of drug-likeness (QED) is 0.136.